The van der Waals surface area contributed by atoms with Gasteiger partial charge in [-0.25, -0.2) is 5.84 Å². The van der Waals surface area contributed by atoms with Crippen molar-refractivity contribution in [3.8, 4) is 0 Å². The van der Waals surface area contributed by atoms with Crippen molar-refractivity contribution >= 4 is 5.91 Å². The highest BCUT2D eigenvalue weighted by Gasteiger charge is 2.32. The highest BCUT2D eigenvalue weighted by molar-refractivity contribution is 5.80. The van der Waals surface area contributed by atoms with Crippen molar-refractivity contribution < 1.29 is 19.4 Å². The minimum absolute atomic E-state index is 0.0841. The number of hydrogen-bond acceptors (Lipinski definition) is 6. The van der Waals surface area contributed by atoms with Crippen LogP contribution >= 0.6 is 0 Å². The molecule has 7 heteroatoms. The molecule has 0 aromatic heterocycles. The standard InChI is InChI=1S/C13H25N3O4/c14-15-13(18)12-2-1-11(20-12)9-16-5-3-10(4-6-16)19-8-7-17/h10-12,17H,1-9,14H2,(H,15,18). The Morgan fingerprint density at radius 1 is 1.35 bits per heavy atom. The number of piperidine rings is 1. The summed E-state index contributed by atoms with van der Waals surface area (Å²) in [7, 11) is 0. The quantitative estimate of drug-likeness (QED) is 0.329. The number of carbonyl (C=O) groups is 1. The first-order valence-corrected chi connectivity index (χ1v) is 7.33. The molecule has 0 saturated carbocycles. The van der Waals surface area contributed by atoms with Gasteiger partial charge in [-0.15, -0.1) is 0 Å². The summed E-state index contributed by atoms with van der Waals surface area (Å²) in [6.07, 6.45) is 3.60. The fourth-order valence-electron chi connectivity index (χ4n) is 2.89. The van der Waals surface area contributed by atoms with Crippen molar-refractivity contribution in [2.45, 2.75) is 44.0 Å². The summed E-state index contributed by atoms with van der Waals surface area (Å²) >= 11 is 0. The molecule has 1 amide bonds. The zero-order chi connectivity index (χ0) is 14.4. The second-order valence-corrected chi connectivity index (χ2v) is 5.43. The Labute approximate surface area is 119 Å². The predicted octanol–water partition coefficient (Wildman–Crippen LogP) is -1.00. The van der Waals surface area contributed by atoms with E-state index >= 15 is 0 Å². The lowest BCUT2D eigenvalue weighted by Crippen LogP contribution is -2.42. The maximum absolute atomic E-state index is 11.4. The minimum Gasteiger partial charge on any atom is -0.394 e. The van der Waals surface area contributed by atoms with Gasteiger partial charge in [0.15, 0.2) is 0 Å². The summed E-state index contributed by atoms with van der Waals surface area (Å²) in [5.41, 5.74) is 2.14. The second-order valence-electron chi connectivity index (χ2n) is 5.43. The molecule has 7 nitrogen and oxygen atoms in total. The second kappa shape index (κ2) is 7.90. The van der Waals surface area contributed by atoms with Crippen LogP contribution in [0.15, 0.2) is 0 Å². The largest absolute Gasteiger partial charge is 0.394 e. The number of rotatable bonds is 6. The molecule has 2 fully saturated rings. The summed E-state index contributed by atoms with van der Waals surface area (Å²) in [5.74, 6) is 4.88. The Bertz CT molecular complexity index is 308. The lowest BCUT2D eigenvalue weighted by atomic mass is 10.1. The first-order chi connectivity index (χ1) is 9.72. The lowest BCUT2D eigenvalue weighted by molar-refractivity contribution is -0.132. The van der Waals surface area contributed by atoms with E-state index in [4.69, 9.17) is 20.4 Å². The van der Waals surface area contributed by atoms with Gasteiger partial charge in [-0.2, -0.15) is 0 Å². The molecule has 0 aromatic carbocycles. The van der Waals surface area contributed by atoms with Crippen molar-refractivity contribution in [1.82, 2.24) is 10.3 Å². The molecule has 116 valence electrons. The Hall–Kier alpha value is -0.730. The average molecular weight is 287 g/mol. The zero-order valence-corrected chi connectivity index (χ0v) is 11.8. The molecule has 0 aromatic rings. The molecule has 2 saturated heterocycles. The monoisotopic (exact) mass is 287 g/mol. The minimum atomic E-state index is -0.393. The Morgan fingerprint density at radius 2 is 2.10 bits per heavy atom. The van der Waals surface area contributed by atoms with Crippen LogP contribution in [0.2, 0.25) is 0 Å². The van der Waals surface area contributed by atoms with Crippen LogP contribution in [-0.2, 0) is 14.3 Å². The van der Waals surface area contributed by atoms with E-state index in [2.05, 4.69) is 10.3 Å². The number of nitrogens with two attached hydrogens (primary N) is 1. The Balaban J connectivity index is 1.65. The average Bonchev–Trinajstić information content (AvgIpc) is 2.94. The molecule has 0 bridgehead atoms. The van der Waals surface area contributed by atoms with E-state index in [0.717, 1.165) is 45.3 Å². The number of likely N-dealkylation sites (tertiary alicyclic amines) is 1. The summed E-state index contributed by atoms with van der Waals surface area (Å²) in [4.78, 5) is 13.7. The third-order valence-corrected chi connectivity index (χ3v) is 3.98. The first kappa shape index (κ1) is 15.7. The fourth-order valence-corrected chi connectivity index (χ4v) is 2.89. The molecule has 0 spiro atoms. The smallest absolute Gasteiger partial charge is 0.263 e. The predicted molar refractivity (Wildman–Crippen MR) is 72.7 cm³/mol. The number of aliphatic hydroxyl groups excluding tert-OH is 1. The lowest BCUT2D eigenvalue weighted by Gasteiger charge is -2.33. The molecule has 0 radical (unpaired) electrons. The van der Waals surface area contributed by atoms with Gasteiger partial charge in [0.1, 0.15) is 6.10 Å². The van der Waals surface area contributed by atoms with E-state index in [-0.39, 0.29) is 24.7 Å². The summed E-state index contributed by atoms with van der Waals surface area (Å²) in [6, 6.07) is 0. The number of hydrazine groups is 1. The number of hydrogen-bond donors (Lipinski definition) is 3. The van der Waals surface area contributed by atoms with Crippen LogP contribution in [0.5, 0.6) is 0 Å². The van der Waals surface area contributed by atoms with E-state index in [0.29, 0.717) is 6.61 Å². The summed E-state index contributed by atoms with van der Waals surface area (Å²) in [6.45, 7) is 3.32. The highest BCUT2D eigenvalue weighted by atomic mass is 16.5. The molecule has 2 aliphatic heterocycles. The maximum atomic E-state index is 11.4. The van der Waals surface area contributed by atoms with Crippen molar-refractivity contribution in [2.24, 2.45) is 5.84 Å². The third kappa shape index (κ3) is 4.39. The molecule has 2 unspecified atom stereocenters. The van der Waals surface area contributed by atoms with Gasteiger partial charge < -0.3 is 19.5 Å². The van der Waals surface area contributed by atoms with E-state index in [1.165, 1.54) is 0 Å². The van der Waals surface area contributed by atoms with Crippen molar-refractivity contribution in [3.05, 3.63) is 0 Å². The van der Waals surface area contributed by atoms with Gasteiger partial charge in [-0.05, 0) is 25.7 Å². The summed E-state index contributed by atoms with van der Waals surface area (Å²) < 4.78 is 11.2. The van der Waals surface area contributed by atoms with Gasteiger partial charge >= 0.3 is 0 Å². The van der Waals surface area contributed by atoms with E-state index in [1.54, 1.807) is 0 Å². The molecular weight excluding hydrogens is 262 g/mol. The van der Waals surface area contributed by atoms with Crippen molar-refractivity contribution in [1.29, 1.82) is 0 Å². The maximum Gasteiger partial charge on any atom is 0.263 e. The van der Waals surface area contributed by atoms with Crippen LogP contribution in [0.4, 0.5) is 0 Å². The van der Waals surface area contributed by atoms with Gasteiger partial charge in [0.25, 0.3) is 5.91 Å². The third-order valence-electron chi connectivity index (χ3n) is 3.98. The number of aliphatic hydroxyl groups is 1. The molecule has 4 N–H and O–H groups in total. The van der Waals surface area contributed by atoms with Gasteiger partial charge in [-0.1, -0.05) is 0 Å². The molecule has 2 atom stereocenters. The molecule has 2 aliphatic rings. The van der Waals surface area contributed by atoms with Gasteiger partial charge in [0, 0.05) is 19.6 Å². The van der Waals surface area contributed by atoms with Crippen LogP contribution in [0.1, 0.15) is 25.7 Å². The Morgan fingerprint density at radius 3 is 2.75 bits per heavy atom. The number of nitrogens with one attached hydrogen (secondary N) is 1. The Kier molecular flexibility index (Phi) is 6.18. The molecule has 20 heavy (non-hydrogen) atoms. The SMILES string of the molecule is NNC(=O)C1CCC(CN2CCC(OCCO)CC2)O1. The van der Waals surface area contributed by atoms with Gasteiger partial charge in [0.05, 0.1) is 25.4 Å². The fraction of sp³-hybridized carbons (Fsp3) is 0.923. The number of amides is 1. The molecule has 2 heterocycles. The van der Waals surface area contributed by atoms with Crippen LogP contribution in [0.25, 0.3) is 0 Å². The van der Waals surface area contributed by atoms with Crippen LogP contribution in [0.3, 0.4) is 0 Å². The number of carbonyl (C=O) groups excluding carboxylic acids is 1. The number of nitrogens with zero attached hydrogens (tertiary/aromatic N) is 1. The molecule has 2 rings (SSSR count). The highest BCUT2D eigenvalue weighted by Crippen LogP contribution is 2.22. The molecular formula is C13H25N3O4. The normalized spacial score (nSPS) is 28.7. The van der Waals surface area contributed by atoms with Gasteiger partial charge in [-0.3, -0.25) is 10.2 Å². The number of ether oxygens (including phenoxy) is 2. The van der Waals surface area contributed by atoms with E-state index in [1.807, 2.05) is 0 Å². The topological polar surface area (TPSA) is 97.1 Å². The molecule has 0 aliphatic carbocycles. The van der Waals surface area contributed by atoms with Crippen LogP contribution in [0, 0.1) is 0 Å². The van der Waals surface area contributed by atoms with Crippen molar-refractivity contribution in [3.63, 3.8) is 0 Å². The first-order valence-electron chi connectivity index (χ1n) is 7.33. The summed E-state index contributed by atoms with van der Waals surface area (Å²) in [5, 5.41) is 8.74. The van der Waals surface area contributed by atoms with Gasteiger partial charge in [0.2, 0.25) is 0 Å². The van der Waals surface area contributed by atoms with Crippen LogP contribution < -0.4 is 11.3 Å². The van der Waals surface area contributed by atoms with Crippen LogP contribution in [-0.4, -0.2) is 67.1 Å². The van der Waals surface area contributed by atoms with E-state index < -0.39 is 6.10 Å². The van der Waals surface area contributed by atoms with Crippen molar-refractivity contribution in [2.75, 3.05) is 32.8 Å². The zero-order valence-electron chi connectivity index (χ0n) is 11.8. The van der Waals surface area contributed by atoms with E-state index in [9.17, 15) is 4.79 Å².